The summed E-state index contributed by atoms with van der Waals surface area (Å²) in [5.74, 6) is -2.42. The lowest BCUT2D eigenvalue weighted by atomic mass is 10.0. The molecule has 6 heteroatoms. The van der Waals surface area contributed by atoms with Crippen LogP contribution in [0.5, 0.6) is 0 Å². The minimum atomic E-state index is -1.02. The Morgan fingerprint density at radius 3 is 2.62 bits per heavy atom. The minimum Gasteiger partial charge on any atom is -0.312 e. The van der Waals surface area contributed by atoms with E-state index in [-0.39, 0.29) is 30.5 Å². The van der Waals surface area contributed by atoms with Crippen LogP contribution in [0.1, 0.15) is 25.3 Å². The molecular formula is C20H20F2N2O2. The minimum absolute atomic E-state index is 0.0917. The molecule has 1 heterocycles. The highest BCUT2D eigenvalue weighted by molar-refractivity contribution is 5.96. The summed E-state index contributed by atoms with van der Waals surface area (Å²) < 4.78 is 26.6. The quantitative estimate of drug-likeness (QED) is 0.836. The molecule has 3 rings (SSSR count). The standard InChI is InChI=1S/C20H20F2N2O2/c1-14(25)23(16-8-9-17(21)18(22)13-16)12-10-20(26)24-11-4-6-15-5-2-3-7-19(15)24/h2-3,5,7-9,13H,4,6,10-12H2,1H3. The molecule has 0 N–H and O–H groups in total. The van der Waals surface area contributed by atoms with E-state index in [2.05, 4.69) is 0 Å². The topological polar surface area (TPSA) is 40.6 Å². The number of fused-ring (bicyclic) bond motifs is 1. The molecule has 136 valence electrons. The molecule has 0 saturated carbocycles. The zero-order chi connectivity index (χ0) is 18.7. The average molecular weight is 358 g/mol. The largest absolute Gasteiger partial charge is 0.312 e. The van der Waals surface area contributed by atoms with Crippen molar-refractivity contribution < 1.29 is 18.4 Å². The highest BCUT2D eigenvalue weighted by Crippen LogP contribution is 2.27. The molecule has 2 amide bonds. The number of hydrogen-bond acceptors (Lipinski definition) is 2. The number of amides is 2. The summed E-state index contributed by atoms with van der Waals surface area (Å²) in [4.78, 5) is 27.6. The number of rotatable bonds is 4. The van der Waals surface area contributed by atoms with Crippen molar-refractivity contribution in [2.75, 3.05) is 22.9 Å². The van der Waals surface area contributed by atoms with E-state index >= 15 is 0 Å². The van der Waals surface area contributed by atoms with Gasteiger partial charge >= 0.3 is 0 Å². The average Bonchev–Trinajstić information content (AvgIpc) is 2.63. The van der Waals surface area contributed by atoms with Crippen molar-refractivity contribution in [1.82, 2.24) is 0 Å². The summed E-state index contributed by atoms with van der Waals surface area (Å²) in [5.41, 5.74) is 2.28. The zero-order valence-electron chi connectivity index (χ0n) is 14.5. The van der Waals surface area contributed by atoms with Gasteiger partial charge in [0.25, 0.3) is 0 Å². The fraction of sp³-hybridized carbons (Fsp3) is 0.300. The van der Waals surface area contributed by atoms with Gasteiger partial charge in [-0.25, -0.2) is 8.78 Å². The molecule has 2 aromatic carbocycles. The first-order chi connectivity index (χ1) is 12.5. The molecule has 4 nitrogen and oxygen atoms in total. The van der Waals surface area contributed by atoms with Gasteiger partial charge in [-0.3, -0.25) is 9.59 Å². The van der Waals surface area contributed by atoms with Crippen LogP contribution >= 0.6 is 0 Å². The van der Waals surface area contributed by atoms with Crippen LogP contribution in [-0.2, 0) is 16.0 Å². The number of aryl methyl sites for hydroxylation is 1. The van der Waals surface area contributed by atoms with Gasteiger partial charge in [0.15, 0.2) is 11.6 Å². The summed E-state index contributed by atoms with van der Waals surface area (Å²) >= 11 is 0. The molecule has 0 saturated heterocycles. The lowest BCUT2D eigenvalue weighted by Gasteiger charge is -2.30. The summed E-state index contributed by atoms with van der Waals surface area (Å²) in [6, 6.07) is 11.1. The number of para-hydroxylation sites is 1. The van der Waals surface area contributed by atoms with Gasteiger partial charge in [-0.15, -0.1) is 0 Å². The third kappa shape index (κ3) is 3.74. The van der Waals surface area contributed by atoms with Gasteiger partial charge in [-0.2, -0.15) is 0 Å². The maximum absolute atomic E-state index is 13.5. The van der Waals surface area contributed by atoms with Crippen molar-refractivity contribution in [3.63, 3.8) is 0 Å². The SMILES string of the molecule is CC(=O)N(CCC(=O)N1CCCc2ccccc21)c1ccc(F)c(F)c1. The third-order valence-electron chi connectivity index (χ3n) is 4.56. The predicted octanol–water partition coefficient (Wildman–Crippen LogP) is 3.69. The number of carbonyl (C=O) groups excluding carboxylic acids is 2. The lowest BCUT2D eigenvalue weighted by molar-refractivity contribution is -0.118. The fourth-order valence-corrected chi connectivity index (χ4v) is 3.26. The summed E-state index contributed by atoms with van der Waals surface area (Å²) in [5, 5.41) is 0. The highest BCUT2D eigenvalue weighted by atomic mass is 19.2. The van der Waals surface area contributed by atoms with E-state index in [9.17, 15) is 18.4 Å². The van der Waals surface area contributed by atoms with E-state index in [0.29, 0.717) is 6.54 Å². The molecular weight excluding hydrogens is 338 g/mol. The van der Waals surface area contributed by atoms with Crippen LogP contribution in [0.2, 0.25) is 0 Å². The van der Waals surface area contributed by atoms with E-state index in [1.54, 1.807) is 4.90 Å². The van der Waals surface area contributed by atoms with E-state index in [1.165, 1.54) is 17.9 Å². The van der Waals surface area contributed by atoms with Crippen molar-refractivity contribution in [2.24, 2.45) is 0 Å². The first-order valence-electron chi connectivity index (χ1n) is 8.59. The van der Waals surface area contributed by atoms with E-state index in [4.69, 9.17) is 0 Å². The Morgan fingerprint density at radius 2 is 1.88 bits per heavy atom. The molecule has 0 atom stereocenters. The first-order valence-corrected chi connectivity index (χ1v) is 8.59. The summed E-state index contributed by atoms with van der Waals surface area (Å²) in [7, 11) is 0. The van der Waals surface area contributed by atoms with Crippen LogP contribution < -0.4 is 9.80 Å². The molecule has 1 aliphatic rings. The number of benzene rings is 2. The lowest BCUT2D eigenvalue weighted by Crippen LogP contribution is -2.39. The second kappa shape index (κ2) is 7.64. The Morgan fingerprint density at radius 1 is 1.12 bits per heavy atom. The second-order valence-corrected chi connectivity index (χ2v) is 6.30. The smallest absolute Gasteiger partial charge is 0.228 e. The molecule has 0 aromatic heterocycles. The highest BCUT2D eigenvalue weighted by Gasteiger charge is 2.23. The Kier molecular flexibility index (Phi) is 5.30. The third-order valence-corrected chi connectivity index (χ3v) is 4.56. The number of nitrogens with zero attached hydrogens (tertiary/aromatic N) is 2. The predicted molar refractivity (Wildman–Crippen MR) is 96.1 cm³/mol. The number of halogens is 2. The monoisotopic (exact) mass is 358 g/mol. The molecule has 1 aliphatic heterocycles. The number of anilines is 2. The van der Waals surface area contributed by atoms with Gasteiger partial charge in [0.2, 0.25) is 11.8 Å². The van der Waals surface area contributed by atoms with Crippen LogP contribution in [0.3, 0.4) is 0 Å². The van der Waals surface area contributed by atoms with E-state index in [0.717, 1.165) is 36.2 Å². The second-order valence-electron chi connectivity index (χ2n) is 6.30. The van der Waals surface area contributed by atoms with Crippen molar-refractivity contribution in [3.8, 4) is 0 Å². The fourth-order valence-electron chi connectivity index (χ4n) is 3.26. The van der Waals surface area contributed by atoms with Crippen molar-refractivity contribution in [2.45, 2.75) is 26.2 Å². The summed E-state index contributed by atoms with van der Waals surface area (Å²) in [6.45, 7) is 2.08. The van der Waals surface area contributed by atoms with Gasteiger partial charge in [0.1, 0.15) is 0 Å². The molecule has 0 bridgehead atoms. The Bertz CT molecular complexity index is 838. The van der Waals surface area contributed by atoms with Gasteiger partial charge in [0.05, 0.1) is 0 Å². The molecule has 0 fully saturated rings. The zero-order valence-corrected chi connectivity index (χ0v) is 14.5. The van der Waals surface area contributed by atoms with Crippen LogP contribution in [-0.4, -0.2) is 24.9 Å². The Labute approximate surface area is 151 Å². The maximum Gasteiger partial charge on any atom is 0.228 e. The Hall–Kier alpha value is -2.76. The van der Waals surface area contributed by atoms with Gasteiger partial charge in [0, 0.05) is 43.9 Å². The van der Waals surface area contributed by atoms with Crippen LogP contribution in [0.25, 0.3) is 0 Å². The maximum atomic E-state index is 13.5. The molecule has 0 radical (unpaired) electrons. The van der Waals surface area contributed by atoms with Crippen molar-refractivity contribution >= 4 is 23.2 Å². The van der Waals surface area contributed by atoms with Crippen molar-refractivity contribution in [1.29, 1.82) is 0 Å². The van der Waals surface area contributed by atoms with E-state index in [1.807, 2.05) is 24.3 Å². The Balaban J connectivity index is 1.73. The normalized spacial score (nSPS) is 13.3. The van der Waals surface area contributed by atoms with Gasteiger partial charge < -0.3 is 9.80 Å². The molecule has 0 spiro atoms. The van der Waals surface area contributed by atoms with Crippen LogP contribution in [0, 0.1) is 11.6 Å². The molecule has 2 aromatic rings. The number of carbonyl (C=O) groups is 2. The van der Waals surface area contributed by atoms with Crippen LogP contribution in [0.15, 0.2) is 42.5 Å². The molecule has 0 aliphatic carbocycles. The first kappa shape index (κ1) is 18.0. The van der Waals surface area contributed by atoms with Crippen LogP contribution in [0.4, 0.5) is 20.2 Å². The van der Waals surface area contributed by atoms with Gasteiger partial charge in [-0.1, -0.05) is 18.2 Å². The van der Waals surface area contributed by atoms with Gasteiger partial charge in [-0.05, 0) is 36.6 Å². The van der Waals surface area contributed by atoms with E-state index < -0.39 is 11.6 Å². The molecule has 0 unspecified atom stereocenters. The molecule has 26 heavy (non-hydrogen) atoms. The summed E-state index contributed by atoms with van der Waals surface area (Å²) in [6.07, 6.45) is 1.93. The van der Waals surface area contributed by atoms with Crippen molar-refractivity contribution in [3.05, 3.63) is 59.7 Å². The number of hydrogen-bond donors (Lipinski definition) is 0.